The quantitative estimate of drug-likeness (QED) is 0.809. The summed E-state index contributed by atoms with van der Waals surface area (Å²) in [6.07, 6.45) is 2.02. The molecule has 2 rings (SSSR count). The van der Waals surface area contributed by atoms with Crippen molar-refractivity contribution < 1.29 is 4.79 Å². The summed E-state index contributed by atoms with van der Waals surface area (Å²) in [6, 6.07) is 4.48. The van der Waals surface area contributed by atoms with Crippen molar-refractivity contribution in [1.82, 2.24) is 0 Å². The molecule has 0 amide bonds. The predicted octanol–water partition coefficient (Wildman–Crippen LogP) is 3.82. The van der Waals surface area contributed by atoms with Crippen LogP contribution in [0, 0.1) is 26.2 Å². The molecule has 1 fully saturated rings. The number of carbonyl (C=O) groups excluding carboxylic acids is 1. The molecule has 0 aromatic heterocycles. The van der Waals surface area contributed by atoms with Gasteiger partial charge in [-0.15, -0.1) is 0 Å². The Kier molecular flexibility index (Phi) is 3.35. The van der Waals surface area contributed by atoms with Crippen molar-refractivity contribution >= 4 is 16.9 Å². The molecule has 92 valence electrons. The van der Waals surface area contributed by atoms with Crippen molar-refractivity contribution in [2.45, 2.75) is 40.5 Å². The molecule has 1 heterocycles. The zero-order valence-corrected chi connectivity index (χ0v) is 11.9. The lowest BCUT2D eigenvalue weighted by Crippen LogP contribution is -2.38. The smallest absolute Gasteiger partial charge is 0.195 e. The largest absolute Gasteiger partial charge is 0.287 e. The van der Waals surface area contributed by atoms with Gasteiger partial charge in [0.15, 0.2) is 5.12 Å². The zero-order valence-electron chi connectivity index (χ0n) is 11.1. The van der Waals surface area contributed by atoms with Gasteiger partial charge in [0.05, 0.1) is 0 Å². The van der Waals surface area contributed by atoms with Crippen molar-refractivity contribution in [2.75, 3.05) is 5.75 Å². The van der Waals surface area contributed by atoms with E-state index in [1.54, 1.807) is 0 Å². The Hall–Kier alpha value is -0.760. The fourth-order valence-corrected chi connectivity index (χ4v) is 3.56. The lowest BCUT2D eigenvalue weighted by atomic mass is 9.84. The van der Waals surface area contributed by atoms with E-state index in [9.17, 15) is 4.79 Å². The van der Waals surface area contributed by atoms with Gasteiger partial charge in [0.1, 0.15) is 0 Å². The molecule has 1 aliphatic rings. The Labute approximate surface area is 108 Å². The second-order valence-electron chi connectivity index (χ2n) is 5.51. The van der Waals surface area contributed by atoms with E-state index < -0.39 is 0 Å². The highest BCUT2D eigenvalue weighted by atomic mass is 32.2. The Balaban J connectivity index is 2.12. The van der Waals surface area contributed by atoms with Crippen molar-refractivity contribution in [3.63, 3.8) is 0 Å². The minimum absolute atomic E-state index is 0.0611. The van der Waals surface area contributed by atoms with Crippen LogP contribution in [0.4, 0.5) is 0 Å². The van der Waals surface area contributed by atoms with Crippen molar-refractivity contribution in [3.05, 3.63) is 34.4 Å². The summed E-state index contributed by atoms with van der Waals surface area (Å²) in [4.78, 5) is 11.6. The van der Waals surface area contributed by atoms with Crippen LogP contribution >= 0.6 is 11.8 Å². The third-order valence-corrected chi connectivity index (χ3v) is 5.32. The van der Waals surface area contributed by atoms with Crippen LogP contribution in [0.5, 0.6) is 0 Å². The van der Waals surface area contributed by atoms with E-state index in [0.717, 1.165) is 18.6 Å². The lowest BCUT2D eigenvalue weighted by molar-refractivity contribution is -0.120. The molecule has 1 unspecified atom stereocenters. The molecule has 0 spiro atoms. The van der Waals surface area contributed by atoms with Gasteiger partial charge in [0.25, 0.3) is 0 Å². The maximum absolute atomic E-state index is 11.6. The van der Waals surface area contributed by atoms with Gasteiger partial charge in [-0.25, -0.2) is 0 Å². The molecular formula is C15H20OS. The highest BCUT2D eigenvalue weighted by Crippen LogP contribution is 2.43. The Morgan fingerprint density at radius 2 is 1.82 bits per heavy atom. The number of thioether (sulfide) groups is 1. The minimum Gasteiger partial charge on any atom is -0.287 e. The molecular weight excluding hydrogens is 228 g/mol. The molecule has 0 bridgehead atoms. The van der Waals surface area contributed by atoms with E-state index in [0.29, 0.717) is 5.12 Å². The van der Waals surface area contributed by atoms with Crippen LogP contribution < -0.4 is 0 Å². The number of hydrogen-bond donors (Lipinski definition) is 0. The fraction of sp³-hybridized carbons (Fsp3) is 0.533. The predicted molar refractivity (Wildman–Crippen MR) is 74.5 cm³/mol. The third kappa shape index (κ3) is 2.42. The van der Waals surface area contributed by atoms with Crippen LogP contribution in [0.15, 0.2) is 12.1 Å². The van der Waals surface area contributed by atoms with Gasteiger partial charge >= 0.3 is 0 Å². The SMILES string of the molecule is Cc1cc(C)c(CCC2(C)CSC2=O)c(C)c1. The van der Waals surface area contributed by atoms with Crippen LogP contribution in [-0.2, 0) is 11.2 Å². The van der Waals surface area contributed by atoms with Gasteiger partial charge in [-0.1, -0.05) is 36.4 Å². The van der Waals surface area contributed by atoms with Crippen molar-refractivity contribution in [3.8, 4) is 0 Å². The zero-order chi connectivity index (χ0) is 12.6. The maximum Gasteiger partial charge on any atom is 0.195 e. The van der Waals surface area contributed by atoms with E-state index >= 15 is 0 Å². The van der Waals surface area contributed by atoms with Gasteiger partial charge < -0.3 is 0 Å². The molecule has 0 radical (unpaired) electrons. The van der Waals surface area contributed by atoms with Gasteiger partial charge in [0.2, 0.25) is 0 Å². The highest BCUT2D eigenvalue weighted by Gasteiger charge is 2.42. The molecule has 1 aromatic rings. The van der Waals surface area contributed by atoms with E-state index in [1.807, 2.05) is 0 Å². The average Bonchev–Trinajstić information content (AvgIpc) is 2.25. The highest BCUT2D eigenvalue weighted by molar-refractivity contribution is 8.15. The second kappa shape index (κ2) is 4.49. The van der Waals surface area contributed by atoms with E-state index in [1.165, 1.54) is 34.0 Å². The molecule has 1 aromatic carbocycles. The first-order chi connectivity index (χ1) is 7.92. The normalized spacial score (nSPS) is 23.6. The van der Waals surface area contributed by atoms with Crippen LogP contribution in [0.1, 0.15) is 35.6 Å². The molecule has 0 N–H and O–H groups in total. The molecule has 1 atom stereocenters. The first-order valence-electron chi connectivity index (χ1n) is 6.16. The summed E-state index contributed by atoms with van der Waals surface area (Å²) in [7, 11) is 0. The number of benzene rings is 1. The van der Waals surface area contributed by atoms with Crippen molar-refractivity contribution in [2.24, 2.45) is 5.41 Å². The topological polar surface area (TPSA) is 17.1 Å². The fourth-order valence-electron chi connectivity index (χ4n) is 2.56. The van der Waals surface area contributed by atoms with Crippen LogP contribution in [0.3, 0.4) is 0 Å². The minimum atomic E-state index is -0.0611. The van der Waals surface area contributed by atoms with Gasteiger partial charge in [0, 0.05) is 11.2 Å². The Morgan fingerprint density at radius 3 is 2.24 bits per heavy atom. The number of hydrogen-bond acceptors (Lipinski definition) is 2. The molecule has 2 heteroatoms. The Morgan fingerprint density at radius 1 is 1.24 bits per heavy atom. The first kappa shape index (κ1) is 12.7. The average molecular weight is 248 g/mol. The second-order valence-corrected chi connectivity index (χ2v) is 6.46. The summed E-state index contributed by atoms with van der Waals surface area (Å²) in [5.41, 5.74) is 5.43. The lowest BCUT2D eigenvalue weighted by Gasteiger charge is -2.35. The maximum atomic E-state index is 11.6. The molecule has 17 heavy (non-hydrogen) atoms. The van der Waals surface area contributed by atoms with Gasteiger partial charge in [-0.2, -0.15) is 0 Å². The van der Waals surface area contributed by atoms with Gasteiger partial charge in [-0.3, -0.25) is 4.79 Å². The molecule has 1 nitrogen and oxygen atoms in total. The van der Waals surface area contributed by atoms with Crippen LogP contribution in [0.2, 0.25) is 0 Å². The number of carbonyl (C=O) groups is 1. The monoisotopic (exact) mass is 248 g/mol. The summed E-state index contributed by atoms with van der Waals surface area (Å²) in [5.74, 6) is 0.996. The number of rotatable bonds is 3. The van der Waals surface area contributed by atoms with Gasteiger partial charge in [-0.05, 0) is 50.3 Å². The Bertz CT molecular complexity index is 441. The molecule has 1 aliphatic heterocycles. The summed E-state index contributed by atoms with van der Waals surface area (Å²) < 4.78 is 0. The molecule has 1 saturated heterocycles. The van der Waals surface area contributed by atoms with E-state index in [-0.39, 0.29) is 5.41 Å². The van der Waals surface area contributed by atoms with E-state index in [2.05, 4.69) is 39.8 Å². The van der Waals surface area contributed by atoms with E-state index in [4.69, 9.17) is 0 Å². The van der Waals surface area contributed by atoms with Crippen molar-refractivity contribution in [1.29, 1.82) is 0 Å². The standard InChI is InChI=1S/C15H20OS/c1-10-7-11(2)13(12(3)8-10)5-6-15(4)9-17-14(15)16/h7-8H,5-6,9H2,1-4H3. The number of aryl methyl sites for hydroxylation is 3. The third-order valence-electron chi connectivity index (χ3n) is 3.78. The molecule has 0 aliphatic carbocycles. The summed E-state index contributed by atoms with van der Waals surface area (Å²) >= 11 is 1.47. The molecule has 0 saturated carbocycles. The summed E-state index contributed by atoms with van der Waals surface area (Å²) in [6.45, 7) is 8.59. The summed E-state index contributed by atoms with van der Waals surface area (Å²) in [5, 5.41) is 0.375. The van der Waals surface area contributed by atoms with Crippen LogP contribution in [-0.4, -0.2) is 10.9 Å². The van der Waals surface area contributed by atoms with Crippen LogP contribution in [0.25, 0.3) is 0 Å². The first-order valence-corrected chi connectivity index (χ1v) is 7.15.